The summed E-state index contributed by atoms with van der Waals surface area (Å²) in [4.78, 5) is 25.8. The molecule has 0 saturated carbocycles. The molecule has 1 fully saturated rings. The van der Waals surface area contributed by atoms with E-state index in [1.807, 2.05) is 37.3 Å². The summed E-state index contributed by atoms with van der Waals surface area (Å²) >= 11 is 0. The van der Waals surface area contributed by atoms with Gasteiger partial charge in [-0.1, -0.05) is 48.8 Å². The number of nitrogens with zero attached hydrogens (tertiary/aromatic N) is 2. The Bertz CT molecular complexity index is 726. The lowest BCUT2D eigenvalue weighted by molar-refractivity contribution is -0.131. The van der Waals surface area contributed by atoms with Crippen LogP contribution in [-0.2, 0) is 11.3 Å². The summed E-state index contributed by atoms with van der Waals surface area (Å²) in [5.74, 6) is 0.401. The van der Waals surface area contributed by atoms with E-state index in [9.17, 15) is 9.59 Å². The number of hydrogen-bond acceptors (Lipinski definition) is 4. The number of nitrogens with one attached hydrogen (secondary N) is 1. The smallest absolute Gasteiger partial charge is 0.325 e. The van der Waals surface area contributed by atoms with Crippen LogP contribution < -0.4 is 5.32 Å². The zero-order chi connectivity index (χ0) is 16.4. The monoisotopic (exact) mass is 313 g/mol. The molecule has 1 aromatic heterocycles. The van der Waals surface area contributed by atoms with Crippen LogP contribution in [0.1, 0.15) is 32.4 Å². The van der Waals surface area contributed by atoms with Crippen LogP contribution in [-0.4, -0.2) is 27.5 Å². The van der Waals surface area contributed by atoms with Crippen LogP contribution in [0.2, 0.25) is 0 Å². The summed E-state index contributed by atoms with van der Waals surface area (Å²) in [6.07, 6.45) is 1.43. The van der Waals surface area contributed by atoms with E-state index in [4.69, 9.17) is 4.52 Å². The standard InChI is InChI=1S/C17H19N3O3/c1-3-9-17(2)15(21)20(16(22)18-17)11-13-10-14(23-19-13)12-7-5-4-6-8-12/h4-8,10H,3,9,11H2,1-2H3,(H,18,22). The van der Waals surface area contributed by atoms with Crippen molar-refractivity contribution in [2.75, 3.05) is 0 Å². The van der Waals surface area contributed by atoms with E-state index in [1.54, 1.807) is 13.0 Å². The first-order valence-corrected chi connectivity index (χ1v) is 7.68. The molecular formula is C17H19N3O3. The fraction of sp³-hybridized carbons (Fsp3) is 0.353. The largest absolute Gasteiger partial charge is 0.356 e. The van der Waals surface area contributed by atoms with Crippen LogP contribution in [0, 0.1) is 0 Å². The summed E-state index contributed by atoms with van der Waals surface area (Å²) in [7, 11) is 0. The highest BCUT2D eigenvalue weighted by Gasteiger charge is 2.47. The molecule has 6 nitrogen and oxygen atoms in total. The molecule has 1 saturated heterocycles. The Morgan fingerprint density at radius 2 is 2.00 bits per heavy atom. The molecule has 1 N–H and O–H groups in total. The van der Waals surface area contributed by atoms with E-state index in [0.717, 1.165) is 12.0 Å². The maximum atomic E-state index is 12.5. The predicted molar refractivity (Wildman–Crippen MR) is 84.3 cm³/mol. The van der Waals surface area contributed by atoms with Crippen molar-refractivity contribution in [2.45, 2.75) is 38.8 Å². The lowest BCUT2D eigenvalue weighted by Gasteiger charge is -2.20. The Morgan fingerprint density at radius 3 is 2.70 bits per heavy atom. The number of hydrogen-bond donors (Lipinski definition) is 1. The van der Waals surface area contributed by atoms with Crippen molar-refractivity contribution in [3.63, 3.8) is 0 Å². The number of rotatable bonds is 5. The molecule has 0 radical (unpaired) electrons. The molecule has 23 heavy (non-hydrogen) atoms. The maximum Gasteiger partial charge on any atom is 0.325 e. The average Bonchev–Trinajstić information content (AvgIpc) is 3.08. The third-order valence-electron chi connectivity index (χ3n) is 4.03. The average molecular weight is 313 g/mol. The second-order valence-corrected chi connectivity index (χ2v) is 5.95. The molecule has 1 atom stereocenters. The van der Waals surface area contributed by atoms with Crippen molar-refractivity contribution in [1.82, 2.24) is 15.4 Å². The van der Waals surface area contributed by atoms with Gasteiger partial charge in [0.1, 0.15) is 11.2 Å². The van der Waals surface area contributed by atoms with Gasteiger partial charge < -0.3 is 9.84 Å². The zero-order valence-electron chi connectivity index (χ0n) is 13.2. The van der Waals surface area contributed by atoms with Crippen LogP contribution in [0.5, 0.6) is 0 Å². The summed E-state index contributed by atoms with van der Waals surface area (Å²) in [5, 5.41) is 6.74. The van der Waals surface area contributed by atoms with Gasteiger partial charge in [0.15, 0.2) is 5.76 Å². The lowest BCUT2D eigenvalue weighted by atomic mass is 9.96. The molecular weight excluding hydrogens is 294 g/mol. The van der Waals surface area contributed by atoms with Gasteiger partial charge in [-0.3, -0.25) is 9.69 Å². The highest BCUT2D eigenvalue weighted by Crippen LogP contribution is 2.25. The number of amides is 3. The first-order valence-electron chi connectivity index (χ1n) is 7.68. The van der Waals surface area contributed by atoms with Gasteiger partial charge in [-0.05, 0) is 13.3 Å². The molecule has 3 rings (SSSR count). The number of carbonyl (C=O) groups excluding carboxylic acids is 2. The van der Waals surface area contributed by atoms with E-state index in [0.29, 0.717) is 17.9 Å². The molecule has 6 heteroatoms. The van der Waals surface area contributed by atoms with Gasteiger partial charge in [-0.2, -0.15) is 0 Å². The summed E-state index contributed by atoms with van der Waals surface area (Å²) in [6.45, 7) is 3.85. The minimum absolute atomic E-state index is 0.111. The summed E-state index contributed by atoms with van der Waals surface area (Å²) < 4.78 is 5.31. The second-order valence-electron chi connectivity index (χ2n) is 5.95. The molecule has 0 bridgehead atoms. The number of imide groups is 1. The topological polar surface area (TPSA) is 75.4 Å². The van der Waals surface area contributed by atoms with Gasteiger partial charge in [0.25, 0.3) is 5.91 Å². The molecule has 0 spiro atoms. The molecule has 120 valence electrons. The van der Waals surface area contributed by atoms with Crippen molar-refractivity contribution in [1.29, 1.82) is 0 Å². The molecule has 0 aliphatic carbocycles. The maximum absolute atomic E-state index is 12.5. The summed E-state index contributed by atoms with van der Waals surface area (Å²) in [6, 6.07) is 10.9. The van der Waals surface area contributed by atoms with Crippen LogP contribution in [0.3, 0.4) is 0 Å². The van der Waals surface area contributed by atoms with Crippen LogP contribution >= 0.6 is 0 Å². The van der Waals surface area contributed by atoms with Crippen molar-refractivity contribution < 1.29 is 14.1 Å². The number of carbonyl (C=O) groups is 2. The predicted octanol–water partition coefficient (Wildman–Crippen LogP) is 2.95. The van der Waals surface area contributed by atoms with Crippen molar-refractivity contribution in [2.24, 2.45) is 0 Å². The zero-order valence-corrected chi connectivity index (χ0v) is 13.2. The van der Waals surface area contributed by atoms with Crippen LogP contribution in [0.4, 0.5) is 4.79 Å². The van der Waals surface area contributed by atoms with Crippen molar-refractivity contribution in [3.05, 3.63) is 42.1 Å². The lowest BCUT2D eigenvalue weighted by Crippen LogP contribution is -2.43. The minimum atomic E-state index is -0.822. The fourth-order valence-electron chi connectivity index (χ4n) is 2.85. The fourth-order valence-corrected chi connectivity index (χ4v) is 2.85. The molecule has 2 heterocycles. The van der Waals surface area contributed by atoms with E-state index in [1.165, 1.54) is 4.90 Å². The SMILES string of the molecule is CCCC1(C)NC(=O)N(Cc2cc(-c3ccccc3)on2)C1=O. The molecule has 3 amide bonds. The Morgan fingerprint density at radius 1 is 1.26 bits per heavy atom. The van der Waals surface area contributed by atoms with Crippen molar-refractivity contribution >= 4 is 11.9 Å². The highest BCUT2D eigenvalue weighted by atomic mass is 16.5. The quantitative estimate of drug-likeness (QED) is 0.861. The number of benzene rings is 1. The third-order valence-corrected chi connectivity index (χ3v) is 4.03. The first kappa shape index (κ1) is 15.3. The van der Waals surface area contributed by atoms with E-state index in [-0.39, 0.29) is 18.5 Å². The number of aromatic nitrogens is 1. The Labute approximate surface area is 134 Å². The van der Waals surface area contributed by atoms with Gasteiger partial charge in [0.05, 0.1) is 6.54 Å². The van der Waals surface area contributed by atoms with E-state index >= 15 is 0 Å². The van der Waals surface area contributed by atoms with Gasteiger partial charge in [-0.15, -0.1) is 0 Å². The first-order chi connectivity index (χ1) is 11.0. The molecule has 1 aromatic carbocycles. The van der Waals surface area contributed by atoms with Crippen LogP contribution in [0.15, 0.2) is 40.9 Å². The Kier molecular flexibility index (Phi) is 3.90. The van der Waals surface area contributed by atoms with E-state index < -0.39 is 5.54 Å². The third kappa shape index (κ3) is 2.84. The van der Waals surface area contributed by atoms with Crippen LogP contribution in [0.25, 0.3) is 11.3 Å². The Hall–Kier alpha value is -2.63. The molecule has 2 aromatic rings. The van der Waals surface area contributed by atoms with Crippen molar-refractivity contribution in [3.8, 4) is 11.3 Å². The van der Waals surface area contributed by atoms with Gasteiger partial charge in [0, 0.05) is 11.6 Å². The minimum Gasteiger partial charge on any atom is -0.356 e. The molecule has 1 aliphatic rings. The highest BCUT2D eigenvalue weighted by molar-refractivity contribution is 6.06. The molecule has 1 unspecified atom stereocenters. The summed E-state index contributed by atoms with van der Waals surface area (Å²) in [5.41, 5.74) is 0.630. The van der Waals surface area contributed by atoms with Gasteiger partial charge >= 0.3 is 6.03 Å². The normalized spacial score (nSPS) is 20.9. The van der Waals surface area contributed by atoms with E-state index in [2.05, 4.69) is 10.5 Å². The molecule has 1 aliphatic heterocycles. The second kappa shape index (κ2) is 5.87. The Balaban J connectivity index is 1.77. The number of urea groups is 1. The van der Waals surface area contributed by atoms with Gasteiger partial charge in [0.2, 0.25) is 0 Å². The van der Waals surface area contributed by atoms with Gasteiger partial charge in [-0.25, -0.2) is 4.79 Å².